The van der Waals surface area contributed by atoms with E-state index in [-0.39, 0.29) is 0 Å². The van der Waals surface area contributed by atoms with Gasteiger partial charge in [-0.3, -0.25) is 0 Å². The van der Waals surface area contributed by atoms with Crippen LogP contribution in [-0.2, 0) is 0 Å². The maximum absolute atomic E-state index is 10.1. The molecule has 0 unspecified atom stereocenters. The first-order valence-electron chi connectivity index (χ1n) is 13.0. The summed E-state index contributed by atoms with van der Waals surface area (Å²) >= 11 is 0. The highest BCUT2D eigenvalue weighted by Gasteiger charge is 2.21. The van der Waals surface area contributed by atoms with Crippen LogP contribution in [0.2, 0.25) is 0 Å². The number of nitrogens with zero attached hydrogens (tertiary/aromatic N) is 4. The lowest BCUT2D eigenvalue weighted by Gasteiger charge is -2.12. The zero-order valence-electron chi connectivity index (χ0n) is 21.4. The Labute approximate surface area is 231 Å². The van der Waals surface area contributed by atoms with Gasteiger partial charge in [-0.15, -0.1) is 0 Å². The van der Waals surface area contributed by atoms with Gasteiger partial charge in [-0.1, -0.05) is 103 Å². The SMILES string of the molecule is OB(O)c1cccc2c1c1ccccc1n2-c1cccc(-c2nc(-c3ccccc3)nc(-c3ccccc3)n2)c1. The van der Waals surface area contributed by atoms with Crippen molar-refractivity contribution in [1.29, 1.82) is 0 Å². The van der Waals surface area contributed by atoms with Crippen molar-refractivity contribution in [3.05, 3.63) is 127 Å². The standard InChI is InChI=1S/C33H23BN4O2/c39-34(40)27-18-10-20-29-30(27)26-17-7-8-19-28(26)38(29)25-16-9-15-24(21-25)33-36-31(22-11-3-1-4-12-22)35-32(37-33)23-13-5-2-6-14-23/h1-21,39-40H. The Hall–Kier alpha value is -5.11. The second kappa shape index (κ2) is 9.89. The van der Waals surface area contributed by atoms with Crippen LogP contribution in [0.3, 0.4) is 0 Å². The Morgan fingerprint density at radius 2 is 1.02 bits per heavy atom. The van der Waals surface area contributed by atoms with Gasteiger partial charge in [0, 0.05) is 33.2 Å². The van der Waals surface area contributed by atoms with E-state index in [0.717, 1.165) is 44.2 Å². The monoisotopic (exact) mass is 518 g/mol. The maximum atomic E-state index is 10.1. The molecule has 5 aromatic carbocycles. The number of hydrogen-bond donors (Lipinski definition) is 2. The van der Waals surface area contributed by atoms with Crippen LogP contribution in [-0.4, -0.2) is 36.7 Å². The Morgan fingerprint density at radius 1 is 0.500 bits per heavy atom. The van der Waals surface area contributed by atoms with Crippen LogP contribution in [0.15, 0.2) is 127 Å². The zero-order valence-corrected chi connectivity index (χ0v) is 21.4. The van der Waals surface area contributed by atoms with E-state index in [0.29, 0.717) is 22.9 Å². The van der Waals surface area contributed by atoms with Crippen LogP contribution >= 0.6 is 0 Å². The summed E-state index contributed by atoms with van der Waals surface area (Å²) in [5, 5.41) is 22.0. The van der Waals surface area contributed by atoms with Crippen molar-refractivity contribution in [3.8, 4) is 39.9 Å². The van der Waals surface area contributed by atoms with E-state index in [1.54, 1.807) is 6.07 Å². The molecule has 0 bridgehead atoms. The number of aromatic nitrogens is 4. The highest BCUT2D eigenvalue weighted by molar-refractivity contribution is 6.63. The van der Waals surface area contributed by atoms with Gasteiger partial charge in [0.1, 0.15) is 0 Å². The first-order valence-corrected chi connectivity index (χ1v) is 13.0. The van der Waals surface area contributed by atoms with Crippen LogP contribution in [0, 0.1) is 0 Å². The molecule has 6 nitrogen and oxygen atoms in total. The zero-order chi connectivity index (χ0) is 27.1. The smallest absolute Gasteiger partial charge is 0.423 e. The molecule has 190 valence electrons. The van der Waals surface area contributed by atoms with Gasteiger partial charge in [-0.25, -0.2) is 15.0 Å². The number of para-hydroxylation sites is 1. The minimum absolute atomic E-state index is 0.473. The molecule has 2 N–H and O–H groups in total. The molecular weight excluding hydrogens is 495 g/mol. The minimum atomic E-state index is -1.58. The molecular formula is C33H23BN4O2. The third kappa shape index (κ3) is 4.14. The second-order valence-corrected chi connectivity index (χ2v) is 9.56. The molecule has 7 rings (SSSR count). The second-order valence-electron chi connectivity index (χ2n) is 9.56. The van der Waals surface area contributed by atoms with Gasteiger partial charge in [-0.05, 0) is 29.7 Å². The van der Waals surface area contributed by atoms with Crippen LogP contribution < -0.4 is 5.46 Å². The van der Waals surface area contributed by atoms with Crippen LogP contribution in [0.25, 0.3) is 61.7 Å². The van der Waals surface area contributed by atoms with Gasteiger partial charge >= 0.3 is 7.12 Å². The van der Waals surface area contributed by atoms with Gasteiger partial charge in [0.25, 0.3) is 0 Å². The Morgan fingerprint density at radius 3 is 1.68 bits per heavy atom. The van der Waals surface area contributed by atoms with Crippen molar-refractivity contribution in [2.75, 3.05) is 0 Å². The number of benzene rings is 5. The fourth-order valence-electron chi connectivity index (χ4n) is 5.26. The molecule has 7 heteroatoms. The first-order chi connectivity index (χ1) is 19.7. The summed E-state index contributed by atoms with van der Waals surface area (Å²) in [7, 11) is -1.58. The highest BCUT2D eigenvalue weighted by atomic mass is 16.4. The van der Waals surface area contributed by atoms with Crippen molar-refractivity contribution in [3.63, 3.8) is 0 Å². The van der Waals surface area contributed by atoms with Crippen molar-refractivity contribution < 1.29 is 10.0 Å². The number of rotatable bonds is 5. The summed E-state index contributed by atoms with van der Waals surface area (Å²) in [6, 6.07) is 41.5. The van der Waals surface area contributed by atoms with Crippen molar-refractivity contribution in [2.45, 2.75) is 0 Å². The van der Waals surface area contributed by atoms with Crippen molar-refractivity contribution in [2.24, 2.45) is 0 Å². The van der Waals surface area contributed by atoms with Crippen LogP contribution in [0.4, 0.5) is 0 Å². The van der Waals surface area contributed by atoms with Gasteiger partial charge in [-0.2, -0.15) is 0 Å². The number of fused-ring (bicyclic) bond motifs is 3. The Balaban J connectivity index is 1.45. The summed E-state index contributed by atoms with van der Waals surface area (Å²) in [4.78, 5) is 14.6. The fraction of sp³-hybridized carbons (Fsp3) is 0. The molecule has 7 aromatic rings. The molecule has 2 heterocycles. The van der Waals surface area contributed by atoms with E-state index >= 15 is 0 Å². The van der Waals surface area contributed by atoms with Crippen LogP contribution in [0.5, 0.6) is 0 Å². The topological polar surface area (TPSA) is 84.1 Å². The van der Waals surface area contributed by atoms with E-state index in [1.807, 2.05) is 115 Å². The molecule has 0 aliphatic carbocycles. The molecule has 0 spiro atoms. The average Bonchev–Trinajstić information content (AvgIpc) is 3.36. The lowest BCUT2D eigenvalue weighted by atomic mass is 9.77. The third-order valence-electron chi connectivity index (χ3n) is 7.07. The largest absolute Gasteiger partial charge is 0.489 e. The molecule has 0 aliphatic rings. The third-order valence-corrected chi connectivity index (χ3v) is 7.07. The summed E-state index contributed by atoms with van der Waals surface area (Å²) in [5.41, 5.74) is 5.91. The predicted octanol–water partition coefficient (Wildman–Crippen LogP) is 5.65. The summed E-state index contributed by atoms with van der Waals surface area (Å²) in [6.07, 6.45) is 0. The lowest BCUT2D eigenvalue weighted by molar-refractivity contribution is 0.426. The minimum Gasteiger partial charge on any atom is -0.423 e. The van der Waals surface area contributed by atoms with E-state index in [2.05, 4.69) is 10.6 Å². The molecule has 0 saturated carbocycles. The normalized spacial score (nSPS) is 11.2. The molecule has 0 fully saturated rings. The fourth-order valence-corrected chi connectivity index (χ4v) is 5.26. The van der Waals surface area contributed by atoms with Crippen LogP contribution in [0.1, 0.15) is 0 Å². The van der Waals surface area contributed by atoms with E-state index in [4.69, 9.17) is 15.0 Å². The van der Waals surface area contributed by atoms with Crippen molar-refractivity contribution in [1.82, 2.24) is 19.5 Å². The first kappa shape index (κ1) is 24.0. The summed E-state index contributed by atoms with van der Waals surface area (Å²) in [6.45, 7) is 0. The number of hydrogen-bond acceptors (Lipinski definition) is 5. The maximum Gasteiger partial charge on any atom is 0.489 e. The molecule has 0 saturated heterocycles. The quantitative estimate of drug-likeness (QED) is 0.288. The summed E-state index contributed by atoms with van der Waals surface area (Å²) < 4.78 is 2.14. The lowest BCUT2D eigenvalue weighted by Crippen LogP contribution is -2.30. The van der Waals surface area contributed by atoms with Crippen molar-refractivity contribution >= 4 is 34.4 Å². The highest BCUT2D eigenvalue weighted by Crippen LogP contribution is 2.33. The molecule has 40 heavy (non-hydrogen) atoms. The van der Waals surface area contributed by atoms with E-state index in [9.17, 15) is 10.0 Å². The molecule has 2 aromatic heterocycles. The molecule has 0 aliphatic heterocycles. The summed E-state index contributed by atoms with van der Waals surface area (Å²) in [5.74, 6) is 1.78. The predicted molar refractivity (Wildman–Crippen MR) is 160 cm³/mol. The molecule has 0 atom stereocenters. The van der Waals surface area contributed by atoms with E-state index in [1.165, 1.54) is 0 Å². The molecule has 0 radical (unpaired) electrons. The van der Waals surface area contributed by atoms with E-state index < -0.39 is 7.12 Å². The Kier molecular flexibility index (Phi) is 5.93. The Bertz CT molecular complexity index is 1930. The van der Waals surface area contributed by atoms with Gasteiger partial charge in [0.15, 0.2) is 17.5 Å². The van der Waals surface area contributed by atoms with Gasteiger partial charge in [0.2, 0.25) is 0 Å². The average molecular weight is 518 g/mol. The molecule has 0 amide bonds. The van der Waals surface area contributed by atoms with Gasteiger partial charge in [0.05, 0.1) is 11.0 Å². The van der Waals surface area contributed by atoms with Gasteiger partial charge < -0.3 is 14.6 Å².